The molecule has 1 aliphatic heterocycles. The molecule has 12 rings (SSSR count). The molecular weight excluding hydrogens is 717 g/mol. The molecule has 57 heavy (non-hydrogen) atoms. The summed E-state index contributed by atoms with van der Waals surface area (Å²) in [5.74, 6) is 1.47. The lowest BCUT2D eigenvalue weighted by molar-refractivity contribution is 0.628. The number of hydrogen-bond acceptors (Lipinski definition) is 5. The van der Waals surface area contributed by atoms with E-state index in [0.29, 0.717) is 5.84 Å². The largest absolute Gasteiger partial charge is 0.456 e. The van der Waals surface area contributed by atoms with E-state index in [1.807, 2.05) is 47.7 Å². The van der Waals surface area contributed by atoms with Gasteiger partial charge in [-0.25, -0.2) is 9.98 Å². The van der Waals surface area contributed by atoms with Crippen LogP contribution in [0.25, 0.3) is 80.7 Å². The molecule has 0 saturated heterocycles. The predicted octanol–water partition coefficient (Wildman–Crippen LogP) is 13.2. The quantitative estimate of drug-likeness (QED) is 0.191. The number of benzene rings is 8. The number of fused-ring (bicyclic) bond motifs is 9. The van der Waals surface area contributed by atoms with E-state index in [4.69, 9.17) is 14.4 Å². The number of para-hydroxylation sites is 3. The maximum Gasteiger partial charge on any atom is 0.159 e. The van der Waals surface area contributed by atoms with Crippen molar-refractivity contribution in [2.45, 2.75) is 6.17 Å². The van der Waals surface area contributed by atoms with E-state index in [2.05, 4.69) is 155 Å². The van der Waals surface area contributed by atoms with Crippen molar-refractivity contribution in [3.63, 3.8) is 0 Å². The van der Waals surface area contributed by atoms with Gasteiger partial charge in [0, 0.05) is 64.1 Å². The minimum Gasteiger partial charge on any atom is -0.456 e. The lowest BCUT2D eigenvalue weighted by Crippen LogP contribution is -2.33. The van der Waals surface area contributed by atoms with Crippen molar-refractivity contribution < 1.29 is 4.42 Å². The highest BCUT2D eigenvalue weighted by molar-refractivity contribution is 7.26. The van der Waals surface area contributed by atoms with Gasteiger partial charge in [0.25, 0.3) is 0 Å². The number of thiophene rings is 1. The van der Waals surface area contributed by atoms with E-state index in [1.54, 1.807) is 0 Å². The molecule has 3 aromatic heterocycles. The van der Waals surface area contributed by atoms with Gasteiger partial charge in [-0.05, 0) is 47.5 Å². The highest BCUT2D eigenvalue weighted by Gasteiger charge is 2.25. The first-order valence-electron chi connectivity index (χ1n) is 19.2. The van der Waals surface area contributed by atoms with Crippen LogP contribution in [0.4, 0.5) is 0 Å². The molecule has 0 saturated carbocycles. The van der Waals surface area contributed by atoms with Gasteiger partial charge in [0.15, 0.2) is 12.0 Å². The molecule has 1 unspecified atom stereocenters. The smallest absolute Gasteiger partial charge is 0.159 e. The predicted molar refractivity (Wildman–Crippen MR) is 238 cm³/mol. The highest BCUT2D eigenvalue weighted by atomic mass is 32.1. The van der Waals surface area contributed by atoms with E-state index in [0.717, 1.165) is 50.0 Å². The second-order valence-electron chi connectivity index (χ2n) is 14.6. The van der Waals surface area contributed by atoms with Crippen molar-refractivity contribution in [1.82, 2.24) is 9.88 Å². The lowest BCUT2D eigenvalue weighted by Gasteiger charge is -2.23. The van der Waals surface area contributed by atoms with E-state index in [9.17, 15) is 0 Å². The molecule has 0 spiro atoms. The molecule has 0 aliphatic carbocycles. The molecule has 1 atom stereocenters. The van der Waals surface area contributed by atoms with Crippen molar-refractivity contribution in [1.29, 1.82) is 0 Å². The number of furan rings is 1. The van der Waals surface area contributed by atoms with Crippen molar-refractivity contribution >= 4 is 86.9 Å². The molecule has 0 fully saturated rings. The molecule has 5 nitrogen and oxygen atoms in total. The number of hydrogen-bond donors (Lipinski definition) is 1. The molecule has 6 heteroatoms. The van der Waals surface area contributed by atoms with Gasteiger partial charge in [-0.2, -0.15) is 0 Å². The minimum atomic E-state index is -0.392. The summed E-state index contributed by atoms with van der Waals surface area (Å²) in [6.45, 7) is 0. The van der Waals surface area contributed by atoms with Crippen LogP contribution in [-0.4, -0.2) is 16.2 Å². The number of aliphatic imine (C=N–C) groups is 2. The van der Waals surface area contributed by atoms with E-state index >= 15 is 0 Å². The summed E-state index contributed by atoms with van der Waals surface area (Å²) in [6.07, 6.45) is -0.392. The Morgan fingerprint density at radius 3 is 2.00 bits per heavy atom. The summed E-state index contributed by atoms with van der Waals surface area (Å²) in [5.41, 5.74) is 10.6. The van der Waals surface area contributed by atoms with E-state index in [-0.39, 0.29) is 0 Å². The molecule has 1 N–H and O–H groups in total. The maximum absolute atomic E-state index is 6.71. The van der Waals surface area contributed by atoms with Crippen molar-refractivity contribution in [3.8, 4) is 16.8 Å². The van der Waals surface area contributed by atoms with Crippen molar-refractivity contribution in [2.24, 2.45) is 9.98 Å². The highest BCUT2D eigenvalue weighted by Crippen LogP contribution is 2.43. The van der Waals surface area contributed by atoms with Crippen LogP contribution < -0.4 is 5.32 Å². The summed E-state index contributed by atoms with van der Waals surface area (Å²) in [4.78, 5) is 10.1. The zero-order chi connectivity index (χ0) is 37.5. The normalized spacial score (nSPS) is 14.5. The molecule has 0 bridgehead atoms. The number of nitrogens with zero attached hydrogens (tertiary/aromatic N) is 3. The average Bonchev–Trinajstić information content (AvgIpc) is 3.96. The number of aromatic nitrogens is 1. The first-order valence-corrected chi connectivity index (χ1v) is 20.0. The maximum atomic E-state index is 6.71. The van der Waals surface area contributed by atoms with Gasteiger partial charge in [0.1, 0.15) is 17.0 Å². The van der Waals surface area contributed by atoms with Crippen LogP contribution in [0.15, 0.2) is 196 Å². The monoisotopic (exact) mass is 748 g/mol. The summed E-state index contributed by atoms with van der Waals surface area (Å²) in [5, 5.41) is 10.8. The number of amidine groups is 2. The van der Waals surface area contributed by atoms with Crippen LogP contribution in [0.5, 0.6) is 0 Å². The number of rotatable bonds is 5. The Kier molecular flexibility index (Phi) is 7.09. The SMILES string of the molecule is c1ccc(C2=NC(c3cccc4c3oc3ccc(-c5cccc6c5sc5cc(-n7c8ccccc8c8ccccc87)ccc56)cc34)NC(c3ccccc3)=N2)cc1. The standard InChI is InChI=1S/C51H32N4OS/c1-3-13-31(14-4-1)49-52-50(32-15-5-2-6-16-32)54-51(53-49)41-22-12-20-39-42-29-33(25-28-45(42)56-47(39)41)35-19-11-21-40-38-27-26-34(30-46(38)57-48(35)40)55-43-23-9-7-17-36(43)37-18-8-10-24-44(37)55/h1-30,51H,(H,52,53,54). The third kappa shape index (κ3) is 5.08. The first kappa shape index (κ1) is 32.0. The Balaban J connectivity index is 0.967. The van der Waals surface area contributed by atoms with Crippen LogP contribution in [-0.2, 0) is 0 Å². The summed E-state index contributed by atoms with van der Waals surface area (Å²) >= 11 is 1.86. The fraction of sp³-hybridized carbons (Fsp3) is 0.0196. The lowest BCUT2D eigenvalue weighted by atomic mass is 10.00. The Morgan fingerprint density at radius 1 is 0.526 bits per heavy atom. The molecule has 11 aromatic rings. The van der Waals surface area contributed by atoms with Crippen LogP contribution >= 0.6 is 11.3 Å². The first-order chi connectivity index (χ1) is 28.2. The zero-order valence-corrected chi connectivity index (χ0v) is 31.4. The van der Waals surface area contributed by atoms with Gasteiger partial charge >= 0.3 is 0 Å². The average molecular weight is 749 g/mol. The van der Waals surface area contributed by atoms with Crippen molar-refractivity contribution in [2.75, 3.05) is 0 Å². The second kappa shape index (κ2) is 12.6. The molecule has 0 radical (unpaired) electrons. The molecule has 0 amide bonds. The third-order valence-corrected chi connectivity index (χ3v) is 12.5. The Labute approximate surface area is 331 Å². The molecule has 4 heterocycles. The fourth-order valence-corrected chi connectivity index (χ4v) is 9.90. The summed E-state index contributed by atoms with van der Waals surface area (Å²) in [7, 11) is 0. The van der Waals surface area contributed by atoms with Gasteiger partial charge in [-0.3, -0.25) is 0 Å². The second-order valence-corrected chi connectivity index (χ2v) is 15.6. The molecule has 8 aromatic carbocycles. The van der Waals surface area contributed by atoms with Gasteiger partial charge < -0.3 is 14.3 Å². The van der Waals surface area contributed by atoms with Crippen molar-refractivity contribution in [3.05, 3.63) is 199 Å². The van der Waals surface area contributed by atoms with Gasteiger partial charge in [0.05, 0.1) is 11.0 Å². The van der Waals surface area contributed by atoms with Crippen LogP contribution in [0.1, 0.15) is 22.9 Å². The Morgan fingerprint density at radius 2 is 1.21 bits per heavy atom. The van der Waals surface area contributed by atoms with E-state index < -0.39 is 6.17 Å². The summed E-state index contributed by atoms with van der Waals surface area (Å²) in [6, 6.07) is 64.3. The van der Waals surface area contributed by atoms with Gasteiger partial charge in [0.2, 0.25) is 0 Å². The van der Waals surface area contributed by atoms with Crippen LogP contribution in [0, 0.1) is 0 Å². The van der Waals surface area contributed by atoms with Crippen LogP contribution in [0.2, 0.25) is 0 Å². The third-order valence-electron chi connectivity index (χ3n) is 11.3. The Hall–Kier alpha value is -7.28. The summed E-state index contributed by atoms with van der Waals surface area (Å²) < 4.78 is 11.7. The fourth-order valence-electron chi connectivity index (χ4n) is 8.63. The Bertz CT molecular complexity index is 3390. The van der Waals surface area contributed by atoms with Crippen LogP contribution in [0.3, 0.4) is 0 Å². The molecule has 268 valence electrons. The number of nitrogens with one attached hydrogen (secondary N) is 1. The minimum absolute atomic E-state index is 0.392. The molecule has 1 aliphatic rings. The van der Waals surface area contributed by atoms with Gasteiger partial charge in [-0.15, -0.1) is 11.3 Å². The van der Waals surface area contributed by atoms with Gasteiger partial charge in [-0.1, -0.05) is 146 Å². The van der Waals surface area contributed by atoms with E-state index in [1.165, 1.54) is 53.2 Å². The topological polar surface area (TPSA) is 54.8 Å². The zero-order valence-electron chi connectivity index (χ0n) is 30.6. The molecular formula is C51H32N4OS.